The van der Waals surface area contributed by atoms with Crippen LogP contribution in [0.15, 0.2) is 30.6 Å². The molecule has 4 rings (SSSR count). The number of anilines is 3. The van der Waals surface area contributed by atoms with Crippen LogP contribution in [0.4, 0.5) is 38.5 Å². The average molecular weight is 570 g/mol. The zero-order valence-electron chi connectivity index (χ0n) is 20.6. The highest BCUT2D eigenvalue weighted by Gasteiger charge is 2.29. The summed E-state index contributed by atoms with van der Waals surface area (Å²) in [6.45, 7) is 2.41. The number of rotatable bonds is 8. The van der Waals surface area contributed by atoms with Crippen molar-refractivity contribution in [3.05, 3.63) is 59.2 Å². The van der Waals surface area contributed by atoms with Crippen molar-refractivity contribution in [1.29, 1.82) is 0 Å². The van der Waals surface area contributed by atoms with Crippen LogP contribution in [0, 0.1) is 18.6 Å². The van der Waals surface area contributed by atoms with Gasteiger partial charge in [0.1, 0.15) is 16.5 Å². The van der Waals surface area contributed by atoms with Crippen LogP contribution in [-0.4, -0.2) is 62.9 Å². The molecule has 15 heteroatoms. The van der Waals surface area contributed by atoms with Crippen molar-refractivity contribution in [3.63, 3.8) is 0 Å². The Bertz CT molecular complexity index is 1340. The van der Waals surface area contributed by atoms with Crippen molar-refractivity contribution < 1.29 is 31.5 Å². The molecule has 2 amide bonds. The van der Waals surface area contributed by atoms with Gasteiger partial charge in [-0.2, -0.15) is 17.5 Å². The summed E-state index contributed by atoms with van der Waals surface area (Å²) in [5.74, 6) is -3.09. The molecule has 9 nitrogen and oxygen atoms in total. The molecule has 3 N–H and O–H groups in total. The number of nitrogens with one attached hydrogen (secondary N) is 3. The average Bonchev–Trinajstić information content (AvgIpc) is 3.25. The maximum absolute atomic E-state index is 13.5. The zero-order chi connectivity index (χ0) is 28.2. The van der Waals surface area contributed by atoms with E-state index in [1.807, 2.05) is 0 Å². The number of alkyl halides is 3. The van der Waals surface area contributed by atoms with Gasteiger partial charge in [-0.1, -0.05) is 0 Å². The van der Waals surface area contributed by atoms with Gasteiger partial charge in [0.15, 0.2) is 11.6 Å². The number of benzene rings is 1. The number of aryl methyl sites for hydroxylation is 1. The molecule has 0 unspecified atom stereocenters. The summed E-state index contributed by atoms with van der Waals surface area (Å²) in [7, 11) is 0. The fourth-order valence-electron chi connectivity index (χ4n) is 3.99. The molecule has 1 saturated heterocycles. The largest absolute Gasteiger partial charge is 0.390 e. The molecule has 3 aromatic rings. The minimum Gasteiger partial charge on any atom is -0.348 e. The summed E-state index contributed by atoms with van der Waals surface area (Å²) < 4.78 is 68.2. The van der Waals surface area contributed by atoms with E-state index in [-0.39, 0.29) is 35.3 Å². The van der Waals surface area contributed by atoms with Gasteiger partial charge in [-0.15, -0.1) is 0 Å². The second-order valence-electron chi connectivity index (χ2n) is 8.92. The third kappa shape index (κ3) is 7.66. The van der Waals surface area contributed by atoms with E-state index in [0.717, 1.165) is 23.7 Å². The summed E-state index contributed by atoms with van der Waals surface area (Å²) in [6.07, 6.45) is -1.44. The fourth-order valence-corrected chi connectivity index (χ4v) is 4.79. The van der Waals surface area contributed by atoms with E-state index in [1.165, 1.54) is 18.5 Å². The third-order valence-corrected chi connectivity index (χ3v) is 6.86. The molecule has 1 fully saturated rings. The third-order valence-electron chi connectivity index (χ3n) is 6.01. The van der Waals surface area contributed by atoms with Crippen molar-refractivity contribution in [2.45, 2.75) is 38.4 Å². The van der Waals surface area contributed by atoms with E-state index in [1.54, 1.807) is 11.8 Å². The molecule has 0 bridgehead atoms. The normalized spacial score (nSPS) is 14.7. The lowest BCUT2D eigenvalue weighted by molar-refractivity contribution is -0.138. The first-order valence-corrected chi connectivity index (χ1v) is 12.7. The maximum Gasteiger partial charge on any atom is 0.390 e. The highest BCUT2D eigenvalue weighted by molar-refractivity contribution is 7.10. The van der Waals surface area contributed by atoms with Crippen LogP contribution in [0.3, 0.4) is 0 Å². The molecule has 2 aromatic heterocycles. The lowest BCUT2D eigenvalue weighted by Gasteiger charge is -2.32. The molecule has 3 heterocycles. The molecule has 0 radical (unpaired) electrons. The van der Waals surface area contributed by atoms with Crippen LogP contribution >= 0.6 is 11.5 Å². The standard InChI is InChI=1S/C24H24F5N7O2S/c1-13-20(22(38)32-15-2-3-16(25)17(26)10-15)23(39-35-13)34-19-12-30-11-18(33-19)21(37)31-14-4-7-36(8-5-14)9-6-24(27,28)29/h2-3,10-12,14H,4-9H2,1H3,(H,31,37)(H,32,38)(H,33,34). The number of likely N-dealkylation sites (tertiary alicyclic amines) is 1. The molecule has 1 aliphatic rings. The van der Waals surface area contributed by atoms with Gasteiger partial charge in [-0.25, -0.2) is 13.8 Å². The first-order chi connectivity index (χ1) is 18.5. The van der Waals surface area contributed by atoms with Crippen LogP contribution in [-0.2, 0) is 0 Å². The summed E-state index contributed by atoms with van der Waals surface area (Å²) in [6, 6.07) is 2.76. The summed E-state index contributed by atoms with van der Waals surface area (Å²) >= 11 is 0.964. The van der Waals surface area contributed by atoms with Crippen molar-refractivity contribution in [2.75, 3.05) is 30.3 Å². The highest BCUT2D eigenvalue weighted by Crippen LogP contribution is 2.28. The Morgan fingerprint density at radius 2 is 1.85 bits per heavy atom. The Kier molecular flexibility index (Phi) is 8.70. The molecule has 1 aliphatic heterocycles. The Labute approximate surface area is 224 Å². The first-order valence-electron chi connectivity index (χ1n) is 11.9. The van der Waals surface area contributed by atoms with Crippen LogP contribution in [0.25, 0.3) is 0 Å². The molecule has 39 heavy (non-hydrogen) atoms. The Morgan fingerprint density at radius 1 is 1.10 bits per heavy atom. The molecule has 0 saturated carbocycles. The van der Waals surface area contributed by atoms with Gasteiger partial charge >= 0.3 is 6.18 Å². The Hall–Kier alpha value is -3.72. The second kappa shape index (κ2) is 12.0. The number of nitrogens with zero attached hydrogens (tertiary/aromatic N) is 4. The fraction of sp³-hybridized carbons (Fsp3) is 0.375. The summed E-state index contributed by atoms with van der Waals surface area (Å²) in [4.78, 5) is 35.6. The highest BCUT2D eigenvalue weighted by atomic mass is 32.1. The molecule has 1 aromatic carbocycles. The number of hydrogen-bond donors (Lipinski definition) is 3. The summed E-state index contributed by atoms with van der Waals surface area (Å²) in [5, 5.41) is 8.55. The monoisotopic (exact) mass is 569 g/mol. The van der Waals surface area contributed by atoms with E-state index in [0.29, 0.717) is 36.6 Å². The van der Waals surface area contributed by atoms with Gasteiger partial charge in [0, 0.05) is 37.4 Å². The molecule has 0 atom stereocenters. The maximum atomic E-state index is 13.5. The predicted octanol–water partition coefficient (Wildman–Crippen LogP) is 4.66. The van der Waals surface area contributed by atoms with Gasteiger partial charge in [-0.3, -0.25) is 14.6 Å². The SMILES string of the molecule is Cc1nsc(Nc2cncc(C(=O)NC3CCN(CCC(F)(F)F)CC3)n2)c1C(=O)Nc1ccc(F)c(F)c1. The lowest BCUT2D eigenvalue weighted by atomic mass is 10.0. The van der Waals surface area contributed by atoms with Crippen LogP contribution < -0.4 is 16.0 Å². The van der Waals surface area contributed by atoms with Crippen molar-refractivity contribution in [1.82, 2.24) is 24.6 Å². The van der Waals surface area contributed by atoms with E-state index >= 15 is 0 Å². The van der Waals surface area contributed by atoms with E-state index in [2.05, 4.69) is 30.3 Å². The van der Waals surface area contributed by atoms with Gasteiger partial charge in [0.05, 0.1) is 30.1 Å². The van der Waals surface area contributed by atoms with E-state index in [4.69, 9.17) is 0 Å². The van der Waals surface area contributed by atoms with Crippen molar-refractivity contribution in [3.8, 4) is 0 Å². The quantitative estimate of drug-likeness (QED) is 0.338. The lowest BCUT2D eigenvalue weighted by Crippen LogP contribution is -2.45. The number of hydrogen-bond acceptors (Lipinski definition) is 8. The zero-order valence-corrected chi connectivity index (χ0v) is 21.4. The Balaban J connectivity index is 1.37. The molecule has 0 aliphatic carbocycles. The smallest absolute Gasteiger partial charge is 0.348 e. The molecule has 208 valence electrons. The number of aromatic nitrogens is 3. The number of halogens is 5. The molecule has 0 spiro atoms. The van der Waals surface area contributed by atoms with E-state index in [9.17, 15) is 31.5 Å². The Morgan fingerprint density at radius 3 is 2.54 bits per heavy atom. The van der Waals surface area contributed by atoms with Crippen LogP contribution in [0.5, 0.6) is 0 Å². The minimum atomic E-state index is -4.20. The second-order valence-corrected chi connectivity index (χ2v) is 9.70. The first kappa shape index (κ1) is 28.3. The molecular weight excluding hydrogens is 545 g/mol. The number of piperidine rings is 1. The van der Waals surface area contributed by atoms with Crippen molar-refractivity contribution in [2.24, 2.45) is 0 Å². The van der Waals surface area contributed by atoms with Crippen LogP contribution in [0.2, 0.25) is 0 Å². The number of amides is 2. The van der Waals surface area contributed by atoms with Gasteiger partial charge in [0.25, 0.3) is 11.8 Å². The number of carbonyl (C=O) groups excluding carboxylic acids is 2. The number of carbonyl (C=O) groups is 2. The van der Waals surface area contributed by atoms with Gasteiger partial charge in [0.2, 0.25) is 0 Å². The van der Waals surface area contributed by atoms with Crippen LogP contribution in [0.1, 0.15) is 45.8 Å². The minimum absolute atomic E-state index is 0.00790. The molecular formula is C24H24F5N7O2S. The van der Waals surface area contributed by atoms with Crippen molar-refractivity contribution >= 4 is 39.9 Å². The van der Waals surface area contributed by atoms with Gasteiger partial charge < -0.3 is 20.9 Å². The van der Waals surface area contributed by atoms with Gasteiger partial charge in [-0.05, 0) is 43.4 Å². The predicted molar refractivity (Wildman–Crippen MR) is 134 cm³/mol. The topological polar surface area (TPSA) is 112 Å². The summed E-state index contributed by atoms with van der Waals surface area (Å²) in [5.41, 5.74) is 0.596. The van der Waals surface area contributed by atoms with E-state index < -0.39 is 36.0 Å².